The lowest BCUT2D eigenvalue weighted by Gasteiger charge is -2.23. The number of rotatable bonds is 7. The molecule has 0 spiro atoms. The van der Waals surface area contributed by atoms with Gasteiger partial charge in [0.2, 0.25) is 5.91 Å². The van der Waals surface area contributed by atoms with Crippen LogP contribution in [-0.4, -0.2) is 23.4 Å². The molecule has 1 aliphatic heterocycles. The minimum absolute atomic E-state index is 0.0132. The van der Waals surface area contributed by atoms with Crippen LogP contribution >= 0.6 is 11.3 Å². The van der Waals surface area contributed by atoms with E-state index in [1.165, 1.54) is 9.75 Å². The molecule has 2 rings (SSSR count). The zero-order valence-corrected chi connectivity index (χ0v) is 13.6. The molecule has 1 aromatic rings. The van der Waals surface area contributed by atoms with Crippen LogP contribution < -0.4 is 5.32 Å². The number of amides is 1. The van der Waals surface area contributed by atoms with Gasteiger partial charge in [0.15, 0.2) is 0 Å². The molecule has 1 fully saturated rings. The van der Waals surface area contributed by atoms with Gasteiger partial charge in [0.25, 0.3) is 0 Å². The van der Waals surface area contributed by atoms with Gasteiger partial charge < -0.3 is 4.90 Å². The summed E-state index contributed by atoms with van der Waals surface area (Å²) in [6.45, 7) is 7.34. The quantitative estimate of drug-likeness (QED) is 0.828. The van der Waals surface area contributed by atoms with Crippen molar-refractivity contribution in [3.63, 3.8) is 0 Å². The van der Waals surface area contributed by atoms with Crippen molar-refractivity contribution in [2.75, 3.05) is 6.54 Å². The lowest BCUT2D eigenvalue weighted by Crippen LogP contribution is -2.31. The maximum Gasteiger partial charge on any atom is 0.241 e. The third kappa shape index (κ3) is 3.41. The van der Waals surface area contributed by atoms with Crippen molar-refractivity contribution < 1.29 is 4.79 Å². The summed E-state index contributed by atoms with van der Waals surface area (Å²) in [6.07, 6.45) is 5.51. The van der Waals surface area contributed by atoms with Crippen LogP contribution in [0.2, 0.25) is 0 Å². The molecular weight excluding hydrogens is 268 g/mol. The highest BCUT2D eigenvalue weighted by molar-refractivity contribution is 7.12. The summed E-state index contributed by atoms with van der Waals surface area (Å²) < 4.78 is 0. The lowest BCUT2D eigenvalue weighted by molar-refractivity contribution is -0.130. The van der Waals surface area contributed by atoms with Gasteiger partial charge in [0, 0.05) is 16.3 Å². The highest BCUT2D eigenvalue weighted by Gasteiger charge is 2.39. The molecule has 1 saturated heterocycles. The Morgan fingerprint density at radius 1 is 1.25 bits per heavy atom. The fourth-order valence-corrected chi connectivity index (χ4v) is 3.65. The van der Waals surface area contributed by atoms with Crippen LogP contribution in [0, 0.1) is 6.92 Å². The highest BCUT2D eigenvalue weighted by atomic mass is 32.1. The van der Waals surface area contributed by atoms with Crippen LogP contribution in [-0.2, 0) is 4.79 Å². The zero-order valence-electron chi connectivity index (χ0n) is 12.8. The van der Waals surface area contributed by atoms with E-state index in [0.717, 1.165) is 38.6 Å². The van der Waals surface area contributed by atoms with Crippen molar-refractivity contribution in [2.45, 2.75) is 65.1 Å². The molecule has 0 saturated carbocycles. The minimum atomic E-state index is 0.0132. The van der Waals surface area contributed by atoms with E-state index in [0.29, 0.717) is 5.91 Å². The molecule has 3 nitrogen and oxygen atoms in total. The number of carbonyl (C=O) groups is 1. The SMILES string of the molecule is CCCCC1NC(c2ccc(C)s2)N(CCCC)C1=O. The van der Waals surface area contributed by atoms with E-state index in [2.05, 4.69) is 43.1 Å². The molecule has 0 aromatic carbocycles. The molecule has 2 atom stereocenters. The fourth-order valence-electron chi connectivity index (χ4n) is 2.70. The van der Waals surface area contributed by atoms with Crippen LogP contribution in [0.15, 0.2) is 12.1 Å². The molecule has 1 aliphatic rings. The molecule has 1 aromatic heterocycles. The second-order valence-corrected chi connectivity index (χ2v) is 6.92. The van der Waals surface area contributed by atoms with Gasteiger partial charge in [-0.1, -0.05) is 33.1 Å². The van der Waals surface area contributed by atoms with E-state index in [4.69, 9.17) is 0 Å². The first-order valence-corrected chi connectivity index (χ1v) is 8.61. The third-order valence-electron chi connectivity index (χ3n) is 3.88. The predicted octanol–water partition coefficient (Wildman–Crippen LogP) is 3.85. The van der Waals surface area contributed by atoms with Crippen LogP contribution in [0.25, 0.3) is 0 Å². The Morgan fingerprint density at radius 3 is 2.60 bits per heavy atom. The maximum atomic E-state index is 12.6. The first-order valence-electron chi connectivity index (χ1n) is 7.80. The van der Waals surface area contributed by atoms with Gasteiger partial charge in [0.05, 0.1) is 6.04 Å². The smallest absolute Gasteiger partial charge is 0.241 e. The second kappa shape index (κ2) is 7.23. The zero-order chi connectivity index (χ0) is 14.5. The molecular formula is C16H26N2OS. The Hall–Kier alpha value is -0.870. The fraction of sp³-hybridized carbons (Fsp3) is 0.688. The average molecular weight is 294 g/mol. The lowest BCUT2D eigenvalue weighted by atomic mass is 10.1. The Kier molecular flexibility index (Phi) is 5.61. The van der Waals surface area contributed by atoms with Crippen molar-refractivity contribution in [2.24, 2.45) is 0 Å². The number of nitrogens with zero attached hydrogens (tertiary/aromatic N) is 1. The predicted molar refractivity (Wildman–Crippen MR) is 84.9 cm³/mol. The molecule has 0 bridgehead atoms. The van der Waals surface area contributed by atoms with Crippen LogP contribution in [0.4, 0.5) is 0 Å². The number of thiophene rings is 1. The van der Waals surface area contributed by atoms with Crippen molar-refractivity contribution in [1.29, 1.82) is 0 Å². The molecule has 112 valence electrons. The van der Waals surface area contributed by atoms with Crippen molar-refractivity contribution >= 4 is 17.2 Å². The third-order valence-corrected chi connectivity index (χ3v) is 4.93. The summed E-state index contributed by atoms with van der Waals surface area (Å²) in [5.74, 6) is 0.294. The summed E-state index contributed by atoms with van der Waals surface area (Å²) in [4.78, 5) is 17.2. The molecule has 20 heavy (non-hydrogen) atoms. The summed E-state index contributed by atoms with van der Waals surface area (Å²) >= 11 is 1.79. The Balaban J connectivity index is 2.12. The van der Waals surface area contributed by atoms with Crippen molar-refractivity contribution in [3.8, 4) is 0 Å². The number of carbonyl (C=O) groups excluding carboxylic acids is 1. The largest absolute Gasteiger partial charge is 0.321 e. The Bertz CT molecular complexity index is 443. The second-order valence-electron chi connectivity index (χ2n) is 5.60. The number of aryl methyl sites for hydroxylation is 1. The number of hydrogen-bond acceptors (Lipinski definition) is 3. The standard InChI is InChI=1S/C16H26N2OS/c1-4-6-8-13-16(19)18(11-7-5-2)15(17-13)14-10-9-12(3)20-14/h9-10,13,15,17H,4-8,11H2,1-3H3. The summed E-state index contributed by atoms with van der Waals surface area (Å²) in [5, 5.41) is 3.55. The van der Waals surface area contributed by atoms with Crippen LogP contribution in [0.1, 0.15) is 61.9 Å². The van der Waals surface area contributed by atoms with E-state index in [9.17, 15) is 4.79 Å². The Morgan fingerprint density at radius 2 is 2.00 bits per heavy atom. The molecule has 4 heteroatoms. The van der Waals surface area contributed by atoms with Crippen molar-refractivity contribution in [3.05, 3.63) is 21.9 Å². The first-order chi connectivity index (χ1) is 9.67. The summed E-state index contributed by atoms with van der Waals surface area (Å²) in [6, 6.07) is 4.31. The van der Waals surface area contributed by atoms with E-state index < -0.39 is 0 Å². The molecule has 0 radical (unpaired) electrons. The topological polar surface area (TPSA) is 32.3 Å². The number of nitrogens with one attached hydrogen (secondary N) is 1. The number of unbranched alkanes of at least 4 members (excludes halogenated alkanes) is 2. The van der Waals surface area contributed by atoms with Gasteiger partial charge >= 0.3 is 0 Å². The van der Waals surface area contributed by atoms with E-state index in [1.54, 1.807) is 11.3 Å². The average Bonchev–Trinajstić information content (AvgIpc) is 2.99. The van der Waals surface area contributed by atoms with Gasteiger partial charge in [0.1, 0.15) is 6.17 Å². The van der Waals surface area contributed by atoms with Gasteiger partial charge in [-0.2, -0.15) is 0 Å². The molecule has 0 aliphatic carbocycles. The highest BCUT2D eigenvalue weighted by Crippen LogP contribution is 2.31. The van der Waals surface area contributed by atoms with E-state index in [-0.39, 0.29) is 12.2 Å². The van der Waals surface area contributed by atoms with Gasteiger partial charge in [-0.25, -0.2) is 0 Å². The molecule has 2 heterocycles. The van der Waals surface area contributed by atoms with Gasteiger partial charge in [-0.3, -0.25) is 10.1 Å². The molecule has 1 amide bonds. The summed E-state index contributed by atoms with van der Waals surface area (Å²) in [5.41, 5.74) is 0. The van der Waals surface area contributed by atoms with E-state index >= 15 is 0 Å². The summed E-state index contributed by atoms with van der Waals surface area (Å²) in [7, 11) is 0. The molecule has 1 N–H and O–H groups in total. The number of hydrogen-bond donors (Lipinski definition) is 1. The first kappa shape index (κ1) is 15.5. The van der Waals surface area contributed by atoms with Gasteiger partial charge in [-0.15, -0.1) is 11.3 Å². The van der Waals surface area contributed by atoms with Crippen LogP contribution in [0.5, 0.6) is 0 Å². The van der Waals surface area contributed by atoms with Crippen molar-refractivity contribution in [1.82, 2.24) is 10.2 Å². The van der Waals surface area contributed by atoms with Crippen LogP contribution in [0.3, 0.4) is 0 Å². The monoisotopic (exact) mass is 294 g/mol. The minimum Gasteiger partial charge on any atom is -0.321 e. The molecule has 2 unspecified atom stereocenters. The normalized spacial score (nSPS) is 22.8. The maximum absolute atomic E-state index is 12.6. The van der Waals surface area contributed by atoms with Gasteiger partial charge in [-0.05, 0) is 31.9 Å². The Labute approximate surface area is 126 Å². The van der Waals surface area contributed by atoms with E-state index in [1.807, 2.05) is 0 Å².